The number of benzene rings is 1. The summed E-state index contributed by atoms with van der Waals surface area (Å²) in [5, 5.41) is 0.558. The largest absolute Gasteiger partial charge is 0.383 e. The zero-order valence-corrected chi connectivity index (χ0v) is 10.0. The lowest BCUT2D eigenvalue weighted by atomic mass is 9.86. The SMILES string of the molecule is CC(C)(C)c1cc2cc(F)c(F)cc2nc1N. The van der Waals surface area contributed by atoms with E-state index in [0.29, 0.717) is 16.7 Å². The molecule has 0 saturated carbocycles. The summed E-state index contributed by atoms with van der Waals surface area (Å²) in [5.41, 5.74) is 6.85. The maximum atomic E-state index is 13.1. The Hall–Kier alpha value is -1.71. The van der Waals surface area contributed by atoms with Crippen molar-refractivity contribution in [2.24, 2.45) is 0 Å². The number of aromatic nitrogens is 1. The van der Waals surface area contributed by atoms with E-state index in [1.54, 1.807) is 6.07 Å². The van der Waals surface area contributed by atoms with Crippen molar-refractivity contribution in [1.29, 1.82) is 0 Å². The maximum absolute atomic E-state index is 13.1. The van der Waals surface area contributed by atoms with Gasteiger partial charge in [0, 0.05) is 17.0 Å². The number of halogens is 2. The highest BCUT2D eigenvalue weighted by atomic mass is 19.2. The molecule has 90 valence electrons. The van der Waals surface area contributed by atoms with Gasteiger partial charge in [0.15, 0.2) is 11.6 Å². The number of rotatable bonds is 0. The monoisotopic (exact) mass is 236 g/mol. The minimum atomic E-state index is -0.909. The van der Waals surface area contributed by atoms with Gasteiger partial charge in [-0.25, -0.2) is 13.8 Å². The minimum Gasteiger partial charge on any atom is -0.383 e. The molecule has 0 radical (unpaired) electrons. The Morgan fingerprint density at radius 2 is 1.65 bits per heavy atom. The molecule has 0 bridgehead atoms. The lowest BCUT2D eigenvalue weighted by molar-refractivity contribution is 0.510. The van der Waals surface area contributed by atoms with Crippen molar-refractivity contribution < 1.29 is 8.78 Å². The molecule has 0 spiro atoms. The fourth-order valence-electron chi connectivity index (χ4n) is 1.78. The quantitative estimate of drug-likeness (QED) is 0.761. The van der Waals surface area contributed by atoms with Gasteiger partial charge in [0.2, 0.25) is 0 Å². The molecule has 1 aromatic carbocycles. The Morgan fingerprint density at radius 3 is 2.24 bits per heavy atom. The Morgan fingerprint density at radius 1 is 1.06 bits per heavy atom. The number of anilines is 1. The average molecular weight is 236 g/mol. The van der Waals surface area contributed by atoms with Gasteiger partial charge < -0.3 is 5.73 Å². The van der Waals surface area contributed by atoms with Gasteiger partial charge in [-0.05, 0) is 17.5 Å². The van der Waals surface area contributed by atoms with Crippen LogP contribution < -0.4 is 5.73 Å². The van der Waals surface area contributed by atoms with Gasteiger partial charge >= 0.3 is 0 Å². The van der Waals surface area contributed by atoms with Crippen LogP contribution >= 0.6 is 0 Å². The zero-order chi connectivity index (χ0) is 12.8. The molecule has 1 aromatic heterocycles. The van der Waals surface area contributed by atoms with Crippen molar-refractivity contribution in [3.63, 3.8) is 0 Å². The summed E-state index contributed by atoms with van der Waals surface area (Å²) in [5.74, 6) is -1.42. The zero-order valence-electron chi connectivity index (χ0n) is 10.0. The molecule has 0 saturated heterocycles. The summed E-state index contributed by atoms with van der Waals surface area (Å²) in [6.45, 7) is 5.98. The smallest absolute Gasteiger partial charge is 0.161 e. The predicted molar refractivity (Wildman–Crippen MR) is 64.8 cm³/mol. The Bertz CT molecular complexity index is 586. The fourth-order valence-corrected chi connectivity index (χ4v) is 1.78. The highest BCUT2D eigenvalue weighted by Crippen LogP contribution is 2.30. The normalized spacial score (nSPS) is 12.1. The van der Waals surface area contributed by atoms with E-state index < -0.39 is 11.6 Å². The van der Waals surface area contributed by atoms with Gasteiger partial charge in [-0.1, -0.05) is 20.8 Å². The van der Waals surface area contributed by atoms with Crippen molar-refractivity contribution in [3.8, 4) is 0 Å². The topological polar surface area (TPSA) is 38.9 Å². The number of nitrogen functional groups attached to an aromatic ring is 1. The molecule has 4 heteroatoms. The number of nitrogens with zero attached hydrogens (tertiary/aromatic N) is 1. The molecule has 0 aliphatic heterocycles. The van der Waals surface area contributed by atoms with Crippen LogP contribution in [0.2, 0.25) is 0 Å². The van der Waals surface area contributed by atoms with Crippen LogP contribution in [0.1, 0.15) is 26.3 Å². The molecule has 0 unspecified atom stereocenters. The second kappa shape index (κ2) is 3.65. The second-order valence-electron chi connectivity index (χ2n) is 5.13. The Labute approximate surface area is 98.5 Å². The van der Waals surface area contributed by atoms with Crippen molar-refractivity contribution in [1.82, 2.24) is 4.98 Å². The lowest BCUT2D eigenvalue weighted by Gasteiger charge is -2.21. The predicted octanol–water partition coefficient (Wildman–Crippen LogP) is 3.39. The van der Waals surface area contributed by atoms with Gasteiger partial charge in [0.25, 0.3) is 0 Å². The highest BCUT2D eigenvalue weighted by Gasteiger charge is 2.19. The first-order valence-electron chi connectivity index (χ1n) is 5.35. The third-order valence-electron chi connectivity index (χ3n) is 2.69. The van der Waals surface area contributed by atoms with Crippen LogP contribution in [-0.2, 0) is 5.41 Å². The van der Waals surface area contributed by atoms with Gasteiger partial charge in [0.1, 0.15) is 5.82 Å². The van der Waals surface area contributed by atoms with Crippen LogP contribution in [0.3, 0.4) is 0 Å². The van der Waals surface area contributed by atoms with Crippen LogP contribution in [0.4, 0.5) is 14.6 Å². The van der Waals surface area contributed by atoms with Crippen molar-refractivity contribution >= 4 is 16.7 Å². The van der Waals surface area contributed by atoms with E-state index in [2.05, 4.69) is 4.98 Å². The van der Waals surface area contributed by atoms with E-state index in [9.17, 15) is 8.78 Å². The summed E-state index contributed by atoms with van der Waals surface area (Å²) in [6.07, 6.45) is 0. The van der Waals surface area contributed by atoms with Crippen LogP contribution in [0, 0.1) is 11.6 Å². The van der Waals surface area contributed by atoms with Gasteiger partial charge in [0.05, 0.1) is 5.52 Å². The van der Waals surface area contributed by atoms with E-state index in [0.717, 1.165) is 17.7 Å². The van der Waals surface area contributed by atoms with Crippen molar-refractivity contribution in [3.05, 3.63) is 35.4 Å². The Kier molecular flexibility index (Phi) is 2.53. The molecule has 1 heterocycles. The molecule has 2 aromatic rings. The maximum Gasteiger partial charge on any atom is 0.161 e. The number of nitrogens with two attached hydrogens (primary N) is 1. The third-order valence-corrected chi connectivity index (χ3v) is 2.69. The van der Waals surface area contributed by atoms with E-state index in [1.165, 1.54) is 0 Å². The first-order chi connectivity index (χ1) is 7.79. The summed E-state index contributed by atoms with van der Waals surface area (Å²) >= 11 is 0. The summed E-state index contributed by atoms with van der Waals surface area (Å²) in [7, 11) is 0. The summed E-state index contributed by atoms with van der Waals surface area (Å²) in [4.78, 5) is 4.12. The molecule has 0 amide bonds. The van der Waals surface area contributed by atoms with Gasteiger partial charge in [-0.3, -0.25) is 0 Å². The summed E-state index contributed by atoms with van der Waals surface area (Å²) < 4.78 is 26.2. The molecule has 0 aliphatic rings. The molecular weight excluding hydrogens is 222 g/mol. The molecule has 2 rings (SSSR count). The van der Waals surface area contributed by atoms with Crippen LogP contribution in [-0.4, -0.2) is 4.98 Å². The van der Waals surface area contributed by atoms with Crippen LogP contribution in [0.15, 0.2) is 18.2 Å². The second-order valence-corrected chi connectivity index (χ2v) is 5.13. The molecule has 0 fully saturated rings. The molecule has 0 aliphatic carbocycles. The van der Waals surface area contributed by atoms with E-state index in [1.807, 2.05) is 20.8 Å². The van der Waals surface area contributed by atoms with Crippen molar-refractivity contribution in [2.75, 3.05) is 5.73 Å². The number of hydrogen-bond acceptors (Lipinski definition) is 2. The van der Waals surface area contributed by atoms with E-state index >= 15 is 0 Å². The standard InChI is InChI=1S/C13H14F2N2/c1-13(2,3)8-4-7-5-9(14)10(15)6-11(7)17-12(8)16/h4-6H,1-3H3,(H2,16,17). The van der Waals surface area contributed by atoms with Crippen LogP contribution in [0.5, 0.6) is 0 Å². The van der Waals surface area contributed by atoms with E-state index in [-0.39, 0.29) is 5.41 Å². The minimum absolute atomic E-state index is 0.184. The number of fused-ring (bicyclic) bond motifs is 1. The lowest BCUT2D eigenvalue weighted by Crippen LogP contribution is -2.15. The highest BCUT2D eigenvalue weighted by molar-refractivity contribution is 5.82. The Balaban J connectivity index is 2.76. The molecule has 2 nitrogen and oxygen atoms in total. The van der Waals surface area contributed by atoms with Gasteiger partial charge in [-0.2, -0.15) is 0 Å². The molecular formula is C13H14F2N2. The third kappa shape index (κ3) is 2.07. The molecule has 0 atom stereocenters. The molecule has 2 N–H and O–H groups in total. The average Bonchev–Trinajstić information content (AvgIpc) is 2.18. The van der Waals surface area contributed by atoms with E-state index in [4.69, 9.17) is 5.73 Å². The number of hydrogen-bond donors (Lipinski definition) is 1. The summed E-state index contributed by atoms with van der Waals surface area (Å²) in [6, 6.07) is 3.97. The van der Waals surface area contributed by atoms with Crippen LogP contribution in [0.25, 0.3) is 10.9 Å². The first kappa shape index (κ1) is 11.8. The number of pyridine rings is 1. The first-order valence-corrected chi connectivity index (χ1v) is 5.35. The fraction of sp³-hybridized carbons (Fsp3) is 0.308. The van der Waals surface area contributed by atoms with Crippen molar-refractivity contribution in [2.45, 2.75) is 26.2 Å². The molecule has 17 heavy (non-hydrogen) atoms. The van der Waals surface area contributed by atoms with Gasteiger partial charge in [-0.15, -0.1) is 0 Å².